The van der Waals surface area contributed by atoms with Crippen molar-refractivity contribution in [3.05, 3.63) is 10.6 Å². The summed E-state index contributed by atoms with van der Waals surface area (Å²) in [6, 6.07) is 0. The number of carbonyl (C=O) groups excluding carboxylic acids is 1. The molecule has 1 spiro atoms. The van der Waals surface area contributed by atoms with Crippen molar-refractivity contribution in [1.82, 2.24) is 19.4 Å². The number of rotatable bonds is 2. The highest BCUT2D eigenvalue weighted by molar-refractivity contribution is 7.05. The van der Waals surface area contributed by atoms with Crippen LogP contribution >= 0.6 is 11.5 Å². The van der Waals surface area contributed by atoms with Gasteiger partial charge >= 0.3 is 0 Å². The van der Waals surface area contributed by atoms with E-state index in [1.807, 2.05) is 4.90 Å². The summed E-state index contributed by atoms with van der Waals surface area (Å²) < 4.78 is 4.00. The zero-order chi connectivity index (χ0) is 15.7. The van der Waals surface area contributed by atoms with Crippen LogP contribution in [-0.2, 0) is 0 Å². The Balaban J connectivity index is 1.73. The van der Waals surface area contributed by atoms with Crippen LogP contribution in [0.2, 0.25) is 0 Å². The fourth-order valence-electron chi connectivity index (χ4n) is 3.96. The molecule has 122 valence electrons. The highest BCUT2D eigenvalue weighted by Crippen LogP contribution is 2.37. The molecule has 1 atom stereocenters. The SMILES string of the molecule is CC(C)c1snnc1C(=O)N1CCCC2(CCCN2C)CC1. The smallest absolute Gasteiger partial charge is 0.275 e. The molecular weight excluding hydrogens is 296 g/mol. The van der Waals surface area contributed by atoms with E-state index in [0.717, 1.165) is 30.8 Å². The predicted octanol–water partition coefficient (Wildman–Crippen LogP) is 2.75. The van der Waals surface area contributed by atoms with Crippen LogP contribution in [0.3, 0.4) is 0 Å². The lowest BCUT2D eigenvalue weighted by Crippen LogP contribution is -2.42. The third-order valence-electron chi connectivity index (χ3n) is 5.39. The molecule has 0 aromatic carbocycles. The number of nitrogens with zero attached hydrogens (tertiary/aromatic N) is 4. The molecule has 1 amide bonds. The van der Waals surface area contributed by atoms with Crippen LogP contribution in [0.1, 0.15) is 67.2 Å². The molecule has 2 aliphatic rings. The summed E-state index contributed by atoms with van der Waals surface area (Å²) in [6.07, 6.45) is 5.95. The van der Waals surface area contributed by atoms with Gasteiger partial charge < -0.3 is 9.80 Å². The molecular formula is C16H26N4OS. The molecule has 3 heterocycles. The van der Waals surface area contributed by atoms with Gasteiger partial charge in [0.1, 0.15) is 0 Å². The molecule has 1 unspecified atom stereocenters. The number of hydrogen-bond donors (Lipinski definition) is 0. The van der Waals surface area contributed by atoms with Gasteiger partial charge in [-0.15, -0.1) is 5.10 Å². The number of carbonyl (C=O) groups is 1. The minimum Gasteiger partial charge on any atom is -0.337 e. The largest absolute Gasteiger partial charge is 0.337 e. The minimum absolute atomic E-state index is 0.0788. The zero-order valence-electron chi connectivity index (χ0n) is 13.8. The monoisotopic (exact) mass is 322 g/mol. The van der Waals surface area contributed by atoms with Crippen LogP contribution in [0, 0.1) is 0 Å². The molecule has 6 heteroatoms. The van der Waals surface area contributed by atoms with Gasteiger partial charge in [0.15, 0.2) is 5.69 Å². The van der Waals surface area contributed by atoms with Gasteiger partial charge in [0.25, 0.3) is 5.91 Å². The Morgan fingerprint density at radius 2 is 1.91 bits per heavy atom. The van der Waals surface area contributed by atoms with E-state index in [1.165, 1.54) is 37.3 Å². The van der Waals surface area contributed by atoms with Gasteiger partial charge in [0.05, 0.1) is 4.88 Å². The second-order valence-corrected chi connectivity index (χ2v) is 7.82. The summed E-state index contributed by atoms with van der Waals surface area (Å²) in [5.74, 6) is 0.383. The number of aromatic nitrogens is 2. The normalized spacial score (nSPS) is 26.8. The second kappa shape index (κ2) is 6.24. The Bertz CT molecular complexity index is 544. The van der Waals surface area contributed by atoms with Gasteiger partial charge in [-0.2, -0.15) is 0 Å². The number of likely N-dealkylation sites (tertiary alicyclic amines) is 2. The fourth-order valence-corrected chi connectivity index (χ4v) is 4.60. The average Bonchev–Trinajstić information content (AvgIpc) is 3.03. The van der Waals surface area contributed by atoms with E-state index in [0.29, 0.717) is 17.2 Å². The Hall–Kier alpha value is -1.01. The highest BCUT2D eigenvalue weighted by Gasteiger charge is 2.40. The standard InChI is InChI=1S/C16H26N4OS/c1-12(2)14-13(17-18-22-14)15(21)20-10-5-7-16(8-11-20)6-4-9-19(16)3/h12H,4-11H2,1-3H3. The molecule has 0 aliphatic carbocycles. The van der Waals surface area contributed by atoms with Gasteiger partial charge in [-0.3, -0.25) is 4.79 Å². The predicted molar refractivity (Wildman–Crippen MR) is 88.3 cm³/mol. The van der Waals surface area contributed by atoms with E-state index in [1.54, 1.807) is 0 Å². The lowest BCUT2D eigenvalue weighted by molar-refractivity contribution is 0.0742. The van der Waals surface area contributed by atoms with Crippen LogP contribution in [0.15, 0.2) is 0 Å². The van der Waals surface area contributed by atoms with Crippen LogP contribution < -0.4 is 0 Å². The Morgan fingerprint density at radius 1 is 1.18 bits per heavy atom. The maximum Gasteiger partial charge on any atom is 0.275 e. The van der Waals surface area contributed by atoms with Crippen LogP contribution in [0.5, 0.6) is 0 Å². The van der Waals surface area contributed by atoms with E-state index in [2.05, 4.69) is 35.4 Å². The molecule has 1 aromatic heterocycles. The first-order valence-corrected chi connectivity index (χ1v) is 9.13. The van der Waals surface area contributed by atoms with Crippen LogP contribution in [0.4, 0.5) is 0 Å². The first-order valence-electron chi connectivity index (χ1n) is 8.36. The fraction of sp³-hybridized carbons (Fsp3) is 0.812. The number of amides is 1. The van der Waals surface area contributed by atoms with E-state index < -0.39 is 0 Å². The molecule has 0 radical (unpaired) electrons. The van der Waals surface area contributed by atoms with Gasteiger partial charge in [-0.1, -0.05) is 18.3 Å². The molecule has 1 aromatic rings. The van der Waals surface area contributed by atoms with Crippen molar-refractivity contribution >= 4 is 17.4 Å². The quantitative estimate of drug-likeness (QED) is 0.840. The first kappa shape index (κ1) is 15.9. The number of hydrogen-bond acceptors (Lipinski definition) is 5. The molecule has 22 heavy (non-hydrogen) atoms. The Labute approximate surface area is 136 Å². The zero-order valence-corrected chi connectivity index (χ0v) is 14.7. The van der Waals surface area contributed by atoms with Crippen LogP contribution in [-0.4, -0.2) is 57.5 Å². The highest BCUT2D eigenvalue weighted by atomic mass is 32.1. The van der Waals surface area contributed by atoms with Crippen LogP contribution in [0.25, 0.3) is 0 Å². The van der Waals surface area contributed by atoms with E-state index >= 15 is 0 Å². The van der Waals surface area contributed by atoms with Crippen molar-refractivity contribution < 1.29 is 4.79 Å². The molecule has 2 aliphatic heterocycles. The summed E-state index contributed by atoms with van der Waals surface area (Å²) in [7, 11) is 2.24. The summed E-state index contributed by atoms with van der Waals surface area (Å²) >= 11 is 1.36. The summed E-state index contributed by atoms with van der Waals surface area (Å²) in [5, 5.41) is 4.11. The van der Waals surface area contributed by atoms with E-state index in [9.17, 15) is 4.79 Å². The van der Waals surface area contributed by atoms with Crippen molar-refractivity contribution in [2.24, 2.45) is 0 Å². The lowest BCUT2D eigenvalue weighted by atomic mass is 9.88. The average molecular weight is 322 g/mol. The van der Waals surface area contributed by atoms with Crippen molar-refractivity contribution in [3.8, 4) is 0 Å². The van der Waals surface area contributed by atoms with Gasteiger partial charge in [0.2, 0.25) is 0 Å². The van der Waals surface area contributed by atoms with Gasteiger partial charge in [-0.05, 0) is 63.1 Å². The van der Waals surface area contributed by atoms with Crippen molar-refractivity contribution in [3.63, 3.8) is 0 Å². The first-order chi connectivity index (χ1) is 10.5. The molecule has 2 fully saturated rings. The Morgan fingerprint density at radius 3 is 2.55 bits per heavy atom. The third-order valence-corrected chi connectivity index (χ3v) is 6.41. The molecule has 5 nitrogen and oxygen atoms in total. The molecule has 3 rings (SSSR count). The maximum atomic E-state index is 12.8. The third kappa shape index (κ3) is 2.78. The molecule has 0 saturated carbocycles. The molecule has 0 bridgehead atoms. The topological polar surface area (TPSA) is 49.3 Å². The van der Waals surface area contributed by atoms with Crippen molar-refractivity contribution in [2.45, 2.75) is 57.4 Å². The molecule has 0 N–H and O–H groups in total. The second-order valence-electron chi connectivity index (χ2n) is 7.04. The van der Waals surface area contributed by atoms with E-state index in [-0.39, 0.29) is 5.91 Å². The molecule has 2 saturated heterocycles. The lowest BCUT2D eigenvalue weighted by Gasteiger charge is -2.35. The maximum absolute atomic E-state index is 12.8. The summed E-state index contributed by atoms with van der Waals surface area (Å²) in [6.45, 7) is 7.08. The summed E-state index contributed by atoms with van der Waals surface area (Å²) in [4.78, 5) is 18.4. The van der Waals surface area contributed by atoms with Crippen molar-refractivity contribution in [2.75, 3.05) is 26.7 Å². The Kier molecular flexibility index (Phi) is 4.50. The minimum atomic E-state index is 0.0788. The van der Waals surface area contributed by atoms with E-state index in [4.69, 9.17) is 0 Å². The van der Waals surface area contributed by atoms with Crippen molar-refractivity contribution in [1.29, 1.82) is 0 Å². The van der Waals surface area contributed by atoms with Gasteiger partial charge in [0, 0.05) is 18.6 Å². The van der Waals surface area contributed by atoms with Gasteiger partial charge in [-0.25, -0.2) is 0 Å². The summed E-state index contributed by atoms with van der Waals surface area (Å²) in [5.41, 5.74) is 0.909.